The number of carboxylic acids is 1. The quantitative estimate of drug-likeness (QED) is 0.276. The van der Waals surface area contributed by atoms with Crippen LogP contribution in [0.25, 0.3) is 17.0 Å². The average Bonchev–Trinajstić information content (AvgIpc) is 3.09. The van der Waals surface area contributed by atoms with Crippen LogP contribution in [0.15, 0.2) is 41.6 Å². The second-order valence-electron chi connectivity index (χ2n) is 8.76. The fourth-order valence-corrected chi connectivity index (χ4v) is 6.49. The van der Waals surface area contributed by atoms with Gasteiger partial charge in [0.2, 0.25) is 11.6 Å². The number of carboxylic acid groups (broad SMARTS) is 1. The maximum absolute atomic E-state index is 11.3. The molecule has 170 valence electrons. The lowest BCUT2D eigenvalue weighted by molar-refractivity contribution is -0.671. The molecule has 1 saturated heterocycles. The Morgan fingerprint density at radius 3 is 2.88 bits per heavy atom. The first-order valence-electron chi connectivity index (χ1n) is 11.3. The zero-order valence-corrected chi connectivity index (χ0v) is 19.2. The zero-order valence-electron chi connectivity index (χ0n) is 18.4. The lowest BCUT2D eigenvalue weighted by Gasteiger charge is -2.30. The fraction of sp³-hybridized carbons (Fsp3) is 0.500. The van der Waals surface area contributed by atoms with Crippen LogP contribution in [0.4, 0.5) is 0 Å². The first-order valence-corrected chi connectivity index (χ1v) is 12.2. The summed E-state index contributed by atoms with van der Waals surface area (Å²) in [6, 6.07) is 10.5. The third-order valence-corrected chi connectivity index (χ3v) is 8.13. The highest BCUT2D eigenvalue weighted by Crippen LogP contribution is 2.46. The van der Waals surface area contributed by atoms with Crippen molar-refractivity contribution in [3.63, 3.8) is 0 Å². The molecule has 2 heterocycles. The van der Waals surface area contributed by atoms with Crippen LogP contribution in [-0.2, 0) is 11.3 Å². The predicted molar refractivity (Wildman–Crippen MR) is 126 cm³/mol. The van der Waals surface area contributed by atoms with Gasteiger partial charge in [0.15, 0.2) is 6.20 Å². The molecular formula is C24H30N3O4S+. The number of aromatic nitrogens is 1. The molecule has 2 fully saturated rings. The molecule has 3 atom stereocenters. The largest absolute Gasteiger partial charge is 0.481 e. The minimum Gasteiger partial charge on any atom is -0.481 e. The van der Waals surface area contributed by atoms with Crippen LogP contribution >= 0.6 is 11.8 Å². The van der Waals surface area contributed by atoms with E-state index in [0.717, 1.165) is 36.9 Å². The van der Waals surface area contributed by atoms with E-state index in [2.05, 4.69) is 53.1 Å². The summed E-state index contributed by atoms with van der Waals surface area (Å²) in [5, 5.41) is 22.7. The number of hydrogen-bond acceptors (Lipinski definition) is 5. The van der Waals surface area contributed by atoms with Gasteiger partial charge in [0, 0.05) is 61.1 Å². The number of thioether (sulfide) groups is 1. The van der Waals surface area contributed by atoms with E-state index in [9.17, 15) is 14.9 Å². The summed E-state index contributed by atoms with van der Waals surface area (Å²) in [4.78, 5) is 24.2. The molecule has 8 heteroatoms. The number of para-hydroxylation sites is 1. The molecule has 1 saturated carbocycles. The predicted octanol–water partition coefficient (Wildman–Crippen LogP) is 4.32. The molecule has 1 aliphatic heterocycles. The Hall–Kier alpha value is -2.61. The van der Waals surface area contributed by atoms with Crippen molar-refractivity contribution < 1.29 is 19.4 Å². The monoisotopic (exact) mass is 456 g/mol. The third-order valence-electron chi connectivity index (χ3n) is 6.67. The van der Waals surface area contributed by atoms with Crippen molar-refractivity contribution in [3.05, 3.63) is 57.2 Å². The van der Waals surface area contributed by atoms with Gasteiger partial charge in [-0.3, -0.25) is 14.9 Å². The molecule has 0 amide bonds. The highest BCUT2D eigenvalue weighted by atomic mass is 32.2. The minimum atomic E-state index is -0.732. The summed E-state index contributed by atoms with van der Waals surface area (Å²) >= 11 is 1.78. The molecule has 2 aromatic rings. The molecule has 4 rings (SSSR count). The Bertz CT molecular complexity index is 1040. The molecule has 3 unspecified atom stereocenters. The van der Waals surface area contributed by atoms with Gasteiger partial charge in [-0.2, -0.15) is 4.57 Å². The maximum atomic E-state index is 11.3. The summed E-state index contributed by atoms with van der Waals surface area (Å²) < 4.78 is 2.24. The lowest BCUT2D eigenvalue weighted by atomic mass is 9.90. The van der Waals surface area contributed by atoms with E-state index < -0.39 is 12.0 Å². The first-order chi connectivity index (χ1) is 15.4. The van der Waals surface area contributed by atoms with Crippen LogP contribution in [0.5, 0.6) is 0 Å². The van der Waals surface area contributed by atoms with E-state index >= 15 is 0 Å². The number of pyridine rings is 1. The summed E-state index contributed by atoms with van der Waals surface area (Å²) in [6.07, 6.45) is 9.29. The molecule has 1 aromatic heterocycles. The summed E-state index contributed by atoms with van der Waals surface area (Å²) in [5.74, 6) is -0.732. The normalized spacial score (nSPS) is 24.1. The molecule has 32 heavy (non-hydrogen) atoms. The van der Waals surface area contributed by atoms with E-state index in [1.165, 1.54) is 10.4 Å². The SMILES string of the molecule is CN1C(=Cc2cc[n+](CCCCCC(=O)O)c3ccccc23)SC2CC([N+](=O)[O-])CCC21. The molecule has 0 bridgehead atoms. The number of nitrogens with zero attached hydrogens (tertiary/aromatic N) is 3. The molecule has 0 spiro atoms. The minimum absolute atomic E-state index is 0.108. The van der Waals surface area contributed by atoms with E-state index in [1.807, 2.05) is 6.07 Å². The Morgan fingerprint density at radius 1 is 1.28 bits per heavy atom. The smallest absolute Gasteiger partial charge is 0.303 e. The van der Waals surface area contributed by atoms with Gasteiger partial charge in [-0.1, -0.05) is 12.1 Å². The van der Waals surface area contributed by atoms with Crippen molar-refractivity contribution in [1.29, 1.82) is 0 Å². The van der Waals surface area contributed by atoms with Crippen molar-refractivity contribution in [3.8, 4) is 0 Å². The summed E-state index contributed by atoms with van der Waals surface area (Å²) in [7, 11) is 2.11. The second-order valence-corrected chi connectivity index (χ2v) is 10.0. The number of hydrogen-bond donors (Lipinski definition) is 1. The van der Waals surface area contributed by atoms with Crippen LogP contribution in [0, 0.1) is 10.1 Å². The standard InChI is InChI=1S/C24H29N3O4S/c1-25-21-11-10-18(27(30)31)16-22(21)32-23(25)15-17-12-14-26(13-6-2-3-9-24(28)29)20-8-5-4-7-19(17)20/h4-5,7-8,12,14-15,18,21-22H,2-3,6,9-11,13,16H2,1H3/p+1. The number of fused-ring (bicyclic) bond motifs is 2. The number of aliphatic carboxylic acids is 1. The molecule has 7 nitrogen and oxygen atoms in total. The molecular weight excluding hydrogens is 426 g/mol. The fourth-order valence-electron chi connectivity index (χ4n) is 4.89. The number of carbonyl (C=O) groups is 1. The van der Waals surface area contributed by atoms with Crippen molar-refractivity contribution in [1.82, 2.24) is 4.90 Å². The average molecular weight is 457 g/mol. The van der Waals surface area contributed by atoms with Gasteiger partial charge in [0.05, 0.1) is 10.4 Å². The first kappa shape index (κ1) is 22.6. The van der Waals surface area contributed by atoms with Gasteiger partial charge in [0.25, 0.3) is 0 Å². The van der Waals surface area contributed by atoms with Crippen LogP contribution < -0.4 is 4.57 Å². The third kappa shape index (κ3) is 4.90. The molecule has 2 aliphatic rings. The second kappa shape index (κ2) is 9.90. The van der Waals surface area contributed by atoms with E-state index in [1.54, 1.807) is 11.8 Å². The van der Waals surface area contributed by atoms with Crippen LogP contribution in [0.3, 0.4) is 0 Å². The highest BCUT2D eigenvalue weighted by Gasteiger charge is 2.43. The van der Waals surface area contributed by atoms with Gasteiger partial charge < -0.3 is 10.0 Å². The Kier molecular flexibility index (Phi) is 6.98. The van der Waals surface area contributed by atoms with Crippen LogP contribution in [0.2, 0.25) is 0 Å². The van der Waals surface area contributed by atoms with Gasteiger partial charge in [-0.05, 0) is 37.0 Å². The molecule has 1 aliphatic carbocycles. The van der Waals surface area contributed by atoms with E-state index in [-0.39, 0.29) is 16.6 Å². The van der Waals surface area contributed by atoms with Gasteiger partial charge in [-0.25, -0.2) is 0 Å². The number of unbranched alkanes of at least 4 members (excludes halogenated alkanes) is 2. The van der Waals surface area contributed by atoms with E-state index in [0.29, 0.717) is 25.3 Å². The highest BCUT2D eigenvalue weighted by molar-refractivity contribution is 8.04. The van der Waals surface area contributed by atoms with Crippen molar-refractivity contribution in [2.24, 2.45) is 0 Å². The number of benzene rings is 1. The van der Waals surface area contributed by atoms with Crippen molar-refractivity contribution in [2.45, 2.75) is 68.8 Å². The number of rotatable bonds is 8. The van der Waals surface area contributed by atoms with E-state index in [4.69, 9.17) is 5.11 Å². The zero-order chi connectivity index (χ0) is 22.7. The lowest BCUT2D eigenvalue weighted by Crippen LogP contribution is -2.40. The van der Waals surface area contributed by atoms with Crippen LogP contribution in [-0.4, -0.2) is 45.3 Å². The number of nitro groups is 1. The maximum Gasteiger partial charge on any atom is 0.303 e. The van der Waals surface area contributed by atoms with Gasteiger partial charge >= 0.3 is 5.97 Å². The Morgan fingerprint density at radius 2 is 2.09 bits per heavy atom. The molecule has 0 radical (unpaired) electrons. The molecule has 1 N–H and O–H groups in total. The molecule has 1 aromatic carbocycles. The topological polar surface area (TPSA) is 87.6 Å². The van der Waals surface area contributed by atoms with Gasteiger partial charge in [-0.15, -0.1) is 11.8 Å². The summed E-state index contributed by atoms with van der Waals surface area (Å²) in [5.41, 5.74) is 2.32. The van der Waals surface area contributed by atoms with Crippen molar-refractivity contribution in [2.75, 3.05) is 7.05 Å². The summed E-state index contributed by atoms with van der Waals surface area (Å²) in [6.45, 7) is 0.859. The Labute approximate surface area is 192 Å². The number of aryl methyl sites for hydroxylation is 1. The van der Waals surface area contributed by atoms with Gasteiger partial charge in [0.1, 0.15) is 6.54 Å². The Balaban J connectivity index is 1.52. The van der Waals surface area contributed by atoms with Crippen LogP contribution in [0.1, 0.15) is 50.5 Å². The van der Waals surface area contributed by atoms with Crippen molar-refractivity contribution >= 4 is 34.7 Å².